The van der Waals surface area contributed by atoms with Gasteiger partial charge < -0.3 is 20.0 Å². The van der Waals surface area contributed by atoms with Crippen LogP contribution in [-0.4, -0.2) is 31.4 Å². The lowest BCUT2D eigenvalue weighted by Crippen LogP contribution is -3.08. The first-order valence-electron chi connectivity index (χ1n) is 8.82. The Hall–Kier alpha value is -2.12. The second kappa shape index (κ2) is 9.00. The average Bonchev–Trinajstić information content (AvgIpc) is 3.31. The summed E-state index contributed by atoms with van der Waals surface area (Å²) in [6, 6.07) is 11.5. The lowest BCUT2D eigenvalue weighted by Gasteiger charge is -2.12. The van der Waals surface area contributed by atoms with Gasteiger partial charge in [-0.1, -0.05) is 24.3 Å². The number of likely N-dealkylation sites (tertiary alicyclic amines) is 1. The highest BCUT2D eigenvalue weighted by atomic mass is 79.9. The standard InChI is InChI=1S/C19H22BrN3O3/c20-17-8-7-16(26-17)19(25)22-12-18(24)21-11-14-3-5-15(6-4-14)13-23-9-1-2-10-23/h3-8H,1-2,9-13H2,(H,21,24)(H,22,25)/p+1. The van der Waals surface area contributed by atoms with Crippen LogP contribution in [0.25, 0.3) is 0 Å². The molecule has 0 bridgehead atoms. The highest BCUT2D eigenvalue weighted by Gasteiger charge is 2.15. The molecule has 0 atom stereocenters. The van der Waals surface area contributed by atoms with Crippen molar-refractivity contribution < 1.29 is 18.9 Å². The van der Waals surface area contributed by atoms with Crippen LogP contribution in [0.15, 0.2) is 45.5 Å². The second-order valence-corrected chi connectivity index (χ2v) is 7.30. The summed E-state index contributed by atoms with van der Waals surface area (Å²) in [5.74, 6) is -0.491. The fraction of sp³-hybridized carbons (Fsp3) is 0.368. The molecule has 2 heterocycles. The number of nitrogens with one attached hydrogen (secondary N) is 3. The van der Waals surface area contributed by atoms with Gasteiger partial charge in [0.1, 0.15) is 6.54 Å². The molecule has 1 aliphatic heterocycles. The van der Waals surface area contributed by atoms with Crippen molar-refractivity contribution in [3.63, 3.8) is 0 Å². The number of halogens is 1. The van der Waals surface area contributed by atoms with Crippen LogP contribution in [0.1, 0.15) is 34.5 Å². The molecule has 0 unspecified atom stereocenters. The molecule has 7 heteroatoms. The van der Waals surface area contributed by atoms with E-state index in [0.29, 0.717) is 11.2 Å². The zero-order valence-electron chi connectivity index (χ0n) is 14.5. The minimum atomic E-state index is -0.417. The van der Waals surface area contributed by atoms with Crippen LogP contribution in [0.4, 0.5) is 0 Å². The van der Waals surface area contributed by atoms with Crippen molar-refractivity contribution in [3.05, 3.63) is 58.0 Å². The fourth-order valence-electron chi connectivity index (χ4n) is 3.06. The first-order valence-corrected chi connectivity index (χ1v) is 9.61. The Bertz CT molecular complexity index is 752. The van der Waals surface area contributed by atoms with Gasteiger partial charge in [-0.15, -0.1) is 0 Å². The molecular formula is C19H23BrN3O3+. The summed E-state index contributed by atoms with van der Waals surface area (Å²) in [6.07, 6.45) is 2.65. The van der Waals surface area contributed by atoms with Crippen LogP contribution in [0.2, 0.25) is 0 Å². The van der Waals surface area contributed by atoms with Gasteiger partial charge in [-0.3, -0.25) is 9.59 Å². The minimum absolute atomic E-state index is 0.0897. The predicted molar refractivity (Wildman–Crippen MR) is 101 cm³/mol. The Labute approximate surface area is 161 Å². The van der Waals surface area contributed by atoms with E-state index in [1.807, 2.05) is 12.1 Å². The van der Waals surface area contributed by atoms with E-state index in [2.05, 4.69) is 38.7 Å². The van der Waals surface area contributed by atoms with Gasteiger partial charge >= 0.3 is 0 Å². The summed E-state index contributed by atoms with van der Waals surface area (Å²) in [5.41, 5.74) is 2.37. The number of quaternary nitrogens is 1. The Morgan fingerprint density at radius 2 is 1.69 bits per heavy atom. The van der Waals surface area contributed by atoms with Gasteiger partial charge in [0.15, 0.2) is 10.4 Å². The molecule has 138 valence electrons. The molecule has 2 amide bonds. The van der Waals surface area contributed by atoms with Crippen LogP contribution in [0.5, 0.6) is 0 Å². The molecule has 26 heavy (non-hydrogen) atoms. The Morgan fingerprint density at radius 3 is 2.35 bits per heavy atom. The SMILES string of the molecule is O=C(CNC(=O)c1ccc(Br)o1)NCc1ccc(C[NH+]2CCCC2)cc1. The molecule has 1 fully saturated rings. The quantitative estimate of drug-likeness (QED) is 0.631. The summed E-state index contributed by atoms with van der Waals surface area (Å²) in [7, 11) is 0. The Kier molecular flexibility index (Phi) is 6.46. The molecule has 3 rings (SSSR count). The van der Waals surface area contributed by atoms with Crippen molar-refractivity contribution in [3.8, 4) is 0 Å². The smallest absolute Gasteiger partial charge is 0.287 e. The van der Waals surface area contributed by atoms with Crippen LogP contribution in [-0.2, 0) is 17.9 Å². The summed E-state index contributed by atoms with van der Waals surface area (Å²) in [6.45, 7) is 3.95. The van der Waals surface area contributed by atoms with Gasteiger partial charge in [-0.25, -0.2) is 0 Å². The van der Waals surface area contributed by atoms with E-state index in [9.17, 15) is 9.59 Å². The van der Waals surface area contributed by atoms with Crippen LogP contribution in [0, 0.1) is 0 Å². The van der Waals surface area contributed by atoms with Crippen molar-refractivity contribution in [2.75, 3.05) is 19.6 Å². The summed E-state index contributed by atoms with van der Waals surface area (Å²) in [4.78, 5) is 25.3. The third-order valence-electron chi connectivity index (χ3n) is 4.48. The third kappa shape index (κ3) is 5.44. The second-order valence-electron chi connectivity index (χ2n) is 6.51. The Morgan fingerprint density at radius 1 is 1.00 bits per heavy atom. The largest absolute Gasteiger partial charge is 0.444 e. The van der Waals surface area contributed by atoms with Crippen LogP contribution < -0.4 is 15.5 Å². The summed E-state index contributed by atoms with van der Waals surface area (Å²) >= 11 is 3.13. The predicted octanol–water partition coefficient (Wildman–Crippen LogP) is 1.27. The maximum atomic E-state index is 11.9. The summed E-state index contributed by atoms with van der Waals surface area (Å²) in [5, 5.41) is 5.33. The van der Waals surface area contributed by atoms with E-state index < -0.39 is 5.91 Å². The molecule has 1 saturated heterocycles. The zero-order valence-corrected chi connectivity index (χ0v) is 16.1. The van der Waals surface area contributed by atoms with Crippen LogP contribution >= 0.6 is 15.9 Å². The maximum Gasteiger partial charge on any atom is 0.287 e. The average molecular weight is 421 g/mol. The molecule has 0 spiro atoms. The van der Waals surface area contributed by atoms with Crippen molar-refractivity contribution in [1.29, 1.82) is 0 Å². The zero-order chi connectivity index (χ0) is 18.4. The monoisotopic (exact) mass is 420 g/mol. The van der Waals surface area contributed by atoms with E-state index in [0.717, 1.165) is 12.1 Å². The van der Waals surface area contributed by atoms with E-state index >= 15 is 0 Å². The number of carbonyl (C=O) groups is 2. The van der Waals surface area contributed by atoms with Crippen molar-refractivity contribution >= 4 is 27.7 Å². The highest BCUT2D eigenvalue weighted by Crippen LogP contribution is 2.13. The number of hydrogen-bond donors (Lipinski definition) is 3. The van der Waals surface area contributed by atoms with Crippen molar-refractivity contribution in [1.82, 2.24) is 10.6 Å². The molecule has 6 nitrogen and oxygen atoms in total. The van der Waals surface area contributed by atoms with Crippen LogP contribution in [0.3, 0.4) is 0 Å². The normalized spacial score (nSPS) is 14.3. The van der Waals surface area contributed by atoms with Crippen molar-refractivity contribution in [2.24, 2.45) is 0 Å². The first-order chi connectivity index (χ1) is 12.6. The van der Waals surface area contributed by atoms with Crippen molar-refractivity contribution in [2.45, 2.75) is 25.9 Å². The van der Waals surface area contributed by atoms with Gasteiger partial charge in [0.05, 0.1) is 19.6 Å². The Balaban J connectivity index is 1.39. The molecule has 1 aromatic heterocycles. The number of amides is 2. The topological polar surface area (TPSA) is 75.8 Å². The lowest BCUT2D eigenvalue weighted by atomic mass is 10.1. The number of carbonyl (C=O) groups excluding carboxylic acids is 2. The highest BCUT2D eigenvalue weighted by molar-refractivity contribution is 9.10. The molecule has 0 radical (unpaired) electrons. The molecule has 1 aliphatic rings. The summed E-state index contributed by atoms with van der Waals surface area (Å²) < 4.78 is 5.61. The van der Waals surface area contributed by atoms with Gasteiger partial charge in [-0.2, -0.15) is 0 Å². The number of rotatable bonds is 7. The third-order valence-corrected chi connectivity index (χ3v) is 4.91. The number of hydrogen-bond acceptors (Lipinski definition) is 3. The maximum absolute atomic E-state index is 11.9. The van der Waals surface area contributed by atoms with E-state index in [-0.39, 0.29) is 18.2 Å². The van der Waals surface area contributed by atoms with Gasteiger partial charge in [0.2, 0.25) is 5.91 Å². The fourth-order valence-corrected chi connectivity index (χ4v) is 3.37. The number of furan rings is 1. The van der Waals surface area contributed by atoms with E-state index in [1.165, 1.54) is 31.5 Å². The molecule has 0 saturated carbocycles. The molecule has 3 N–H and O–H groups in total. The molecule has 0 aliphatic carbocycles. The van der Waals surface area contributed by atoms with E-state index in [4.69, 9.17) is 4.42 Å². The lowest BCUT2D eigenvalue weighted by molar-refractivity contribution is -0.901. The minimum Gasteiger partial charge on any atom is -0.444 e. The van der Waals surface area contributed by atoms with Gasteiger partial charge in [-0.05, 0) is 33.6 Å². The molecule has 1 aromatic carbocycles. The first kappa shape index (κ1) is 18.7. The number of benzene rings is 1. The molecule has 2 aromatic rings. The van der Waals surface area contributed by atoms with Gasteiger partial charge in [0.25, 0.3) is 5.91 Å². The molecular weight excluding hydrogens is 398 g/mol. The van der Waals surface area contributed by atoms with E-state index in [1.54, 1.807) is 17.0 Å². The van der Waals surface area contributed by atoms with Gasteiger partial charge in [0, 0.05) is 24.9 Å².